The lowest BCUT2D eigenvalue weighted by molar-refractivity contribution is -0.126. The van der Waals surface area contributed by atoms with Gasteiger partial charge in [0.15, 0.2) is 0 Å². The summed E-state index contributed by atoms with van der Waals surface area (Å²) in [5.41, 5.74) is 0. The van der Waals surface area contributed by atoms with Crippen molar-refractivity contribution in [1.29, 1.82) is 0 Å². The summed E-state index contributed by atoms with van der Waals surface area (Å²) in [6, 6.07) is 0. The largest absolute Gasteiger partial charge is 0.381 e. The Hall–Kier alpha value is -0.410. The second kappa shape index (κ2) is 6.36. The van der Waals surface area contributed by atoms with E-state index in [9.17, 15) is 4.79 Å². The number of carbonyl (C=O) groups is 1. The maximum Gasteiger partial charge on any atom is 0.136 e. The highest BCUT2D eigenvalue weighted by Crippen LogP contribution is 2.22. The predicted molar refractivity (Wildman–Crippen MR) is 63.4 cm³/mol. The van der Waals surface area contributed by atoms with Gasteiger partial charge in [-0.2, -0.15) is 0 Å². The lowest BCUT2D eigenvalue weighted by Crippen LogP contribution is -2.29. The number of Topliss-reactive ketones (excluding diaryl/α,β-unsaturated/α-hetero) is 1. The van der Waals surface area contributed by atoms with E-state index in [0.717, 1.165) is 57.9 Å². The van der Waals surface area contributed by atoms with Crippen molar-refractivity contribution in [3.63, 3.8) is 0 Å². The van der Waals surface area contributed by atoms with Crippen molar-refractivity contribution < 1.29 is 9.53 Å². The van der Waals surface area contributed by atoms with Crippen molar-refractivity contribution in [2.75, 3.05) is 26.3 Å². The van der Waals surface area contributed by atoms with Crippen LogP contribution in [-0.4, -0.2) is 32.1 Å². The van der Waals surface area contributed by atoms with E-state index in [0.29, 0.717) is 11.7 Å². The summed E-state index contributed by atoms with van der Waals surface area (Å²) in [5.74, 6) is 1.57. The molecule has 0 bridgehead atoms. The van der Waals surface area contributed by atoms with Gasteiger partial charge in [-0.3, -0.25) is 4.79 Å². The summed E-state index contributed by atoms with van der Waals surface area (Å²) in [6.07, 6.45) is 6.31. The Morgan fingerprint density at radius 3 is 2.50 bits per heavy atom. The number of carbonyl (C=O) groups excluding carboxylic acids is 1. The fraction of sp³-hybridized carbons (Fsp3) is 0.923. The molecule has 1 N–H and O–H groups in total. The Bertz CT molecular complexity index is 218. The number of rotatable bonds is 4. The van der Waals surface area contributed by atoms with Gasteiger partial charge in [-0.25, -0.2) is 0 Å². The Morgan fingerprint density at radius 1 is 1.12 bits per heavy atom. The first-order chi connectivity index (χ1) is 7.86. The van der Waals surface area contributed by atoms with Gasteiger partial charge in [0.25, 0.3) is 0 Å². The van der Waals surface area contributed by atoms with Gasteiger partial charge >= 0.3 is 0 Å². The van der Waals surface area contributed by atoms with Crippen LogP contribution in [0.15, 0.2) is 0 Å². The molecular formula is C13H23NO2. The first-order valence-corrected chi connectivity index (χ1v) is 6.67. The molecule has 0 spiro atoms. The van der Waals surface area contributed by atoms with Gasteiger partial charge < -0.3 is 10.1 Å². The molecule has 0 amide bonds. The van der Waals surface area contributed by atoms with Gasteiger partial charge in [0.2, 0.25) is 0 Å². The average Bonchev–Trinajstić information content (AvgIpc) is 2.38. The monoisotopic (exact) mass is 225 g/mol. The van der Waals surface area contributed by atoms with Crippen molar-refractivity contribution in [1.82, 2.24) is 5.32 Å². The molecule has 3 nitrogen and oxygen atoms in total. The summed E-state index contributed by atoms with van der Waals surface area (Å²) in [4.78, 5) is 12.0. The minimum Gasteiger partial charge on any atom is -0.381 e. The Balaban J connectivity index is 1.65. The third-order valence-corrected chi connectivity index (χ3v) is 3.93. The standard InChI is InChI=1S/C13H23NO2/c15-13(12-5-9-16-10-6-12)2-1-11-3-7-14-8-4-11/h11-12,14H,1-10H2. The topological polar surface area (TPSA) is 38.3 Å². The van der Waals surface area contributed by atoms with Crippen LogP contribution in [0.4, 0.5) is 0 Å². The SMILES string of the molecule is O=C(CCC1CCNCC1)C1CCOCC1. The molecule has 0 aromatic carbocycles. The van der Waals surface area contributed by atoms with Crippen LogP contribution >= 0.6 is 0 Å². The molecule has 0 aromatic rings. The van der Waals surface area contributed by atoms with E-state index in [4.69, 9.17) is 4.74 Å². The quantitative estimate of drug-likeness (QED) is 0.792. The van der Waals surface area contributed by atoms with Crippen LogP contribution < -0.4 is 5.32 Å². The number of ketones is 1. The molecule has 2 heterocycles. The Kier molecular flexibility index (Phi) is 4.79. The number of piperidine rings is 1. The number of ether oxygens (including phenoxy) is 1. The minimum absolute atomic E-state index is 0.301. The highest BCUT2D eigenvalue weighted by molar-refractivity contribution is 5.81. The summed E-state index contributed by atoms with van der Waals surface area (Å²) in [5, 5.41) is 3.36. The molecular weight excluding hydrogens is 202 g/mol. The van der Waals surface area contributed by atoms with E-state index >= 15 is 0 Å². The number of nitrogens with one attached hydrogen (secondary N) is 1. The number of hydrogen-bond acceptors (Lipinski definition) is 3. The zero-order chi connectivity index (χ0) is 11.2. The van der Waals surface area contributed by atoms with Crippen LogP contribution in [0.2, 0.25) is 0 Å². The average molecular weight is 225 g/mol. The summed E-state index contributed by atoms with van der Waals surface area (Å²) < 4.78 is 5.28. The second-order valence-electron chi connectivity index (χ2n) is 5.09. The normalized spacial score (nSPS) is 24.5. The molecule has 16 heavy (non-hydrogen) atoms. The molecule has 0 unspecified atom stereocenters. The van der Waals surface area contributed by atoms with Crippen LogP contribution in [-0.2, 0) is 9.53 Å². The van der Waals surface area contributed by atoms with E-state index in [1.54, 1.807) is 0 Å². The van der Waals surface area contributed by atoms with Gasteiger partial charge in [-0.1, -0.05) is 0 Å². The third-order valence-electron chi connectivity index (χ3n) is 3.93. The van der Waals surface area contributed by atoms with Crippen molar-refractivity contribution in [3.05, 3.63) is 0 Å². The van der Waals surface area contributed by atoms with E-state index in [-0.39, 0.29) is 0 Å². The van der Waals surface area contributed by atoms with Crippen LogP contribution in [0, 0.1) is 11.8 Å². The molecule has 0 saturated carbocycles. The number of hydrogen-bond donors (Lipinski definition) is 1. The van der Waals surface area contributed by atoms with Gasteiger partial charge in [-0.15, -0.1) is 0 Å². The third kappa shape index (κ3) is 3.56. The molecule has 2 fully saturated rings. The first-order valence-electron chi connectivity index (χ1n) is 6.67. The molecule has 0 atom stereocenters. The fourth-order valence-electron chi connectivity index (χ4n) is 2.74. The highest BCUT2D eigenvalue weighted by atomic mass is 16.5. The summed E-state index contributed by atoms with van der Waals surface area (Å²) in [6.45, 7) is 3.83. The van der Waals surface area contributed by atoms with E-state index < -0.39 is 0 Å². The van der Waals surface area contributed by atoms with Crippen molar-refractivity contribution >= 4 is 5.78 Å². The molecule has 2 aliphatic heterocycles. The van der Waals surface area contributed by atoms with Gasteiger partial charge in [0.05, 0.1) is 0 Å². The van der Waals surface area contributed by atoms with Gasteiger partial charge in [0.1, 0.15) is 5.78 Å². The lowest BCUT2D eigenvalue weighted by Gasteiger charge is -2.24. The van der Waals surface area contributed by atoms with Crippen LogP contribution in [0.25, 0.3) is 0 Å². The smallest absolute Gasteiger partial charge is 0.136 e. The zero-order valence-corrected chi connectivity index (χ0v) is 10.0. The molecule has 92 valence electrons. The molecule has 2 rings (SSSR count). The first kappa shape index (κ1) is 12.1. The lowest BCUT2D eigenvalue weighted by atomic mass is 9.87. The molecule has 2 aliphatic rings. The predicted octanol–water partition coefficient (Wildman–Crippen LogP) is 1.76. The molecule has 0 aromatic heterocycles. The van der Waals surface area contributed by atoms with Crippen molar-refractivity contribution in [2.24, 2.45) is 11.8 Å². The van der Waals surface area contributed by atoms with Crippen LogP contribution in [0.5, 0.6) is 0 Å². The van der Waals surface area contributed by atoms with E-state index in [2.05, 4.69) is 5.32 Å². The van der Waals surface area contributed by atoms with Crippen LogP contribution in [0.3, 0.4) is 0 Å². The van der Waals surface area contributed by atoms with E-state index in [1.165, 1.54) is 12.8 Å². The Morgan fingerprint density at radius 2 is 1.81 bits per heavy atom. The minimum atomic E-state index is 0.301. The molecule has 0 radical (unpaired) electrons. The van der Waals surface area contributed by atoms with E-state index in [1.807, 2.05) is 0 Å². The van der Waals surface area contributed by atoms with Gasteiger partial charge in [0, 0.05) is 25.6 Å². The summed E-state index contributed by atoms with van der Waals surface area (Å²) in [7, 11) is 0. The fourth-order valence-corrected chi connectivity index (χ4v) is 2.74. The molecule has 0 aliphatic carbocycles. The zero-order valence-electron chi connectivity index (χ0n) is 10.0. The van der Waals surface area contributed by atoms with Gasteiger partial charge in [-0.05, 0) is 51.1 Å². The Labute approximate surface area is 97.9 Å². The molecule has 2 saturated heterocycles. The van der Waals surface area contributed by atoms with Crippen LogP contribution in [0.1, 0.15) is 38.5 Å². The maximum atomic E-state index is 12.0. The summed E-state index contributed by atoms with van der Waals surface area (Å²) >= 11 is 0. The van der Waals surface area contributed by atoms with Crippen molar-refractivity contribution in [3.8, 4) is 0 Å². The maximum absolute atomic E-state index is 12.0. The highest BCUT2D eigenvalue weighted by Gasteiger charge is 2.22. The second-order valence-corrected chi connectivity index (χ2v) is 5.09. The molecule has 3 heteroatoms. The van der Waals surface area contributed by atoms with Crippen molar-refractivity contribution in [2.45, 2.75) is 38.5 Å².